The van der Waals surface area contributed by atoms with Gasteiger partial charge in [0.15, 0.2) is 17.2 Å². The van der Waals surface area contributed by atoms with Gasteiger partial charge < -0.3 is 4.52 Å². The van der Waals surface area contributed by atoms with Gasteiger partial charge in [0, 0.05) is 30.1 Å². The maximum atomic E-state index is 12.8. The highest BCUT2D eigenvalue weighted by Gasteiger charge is 2.19. The molecule has 0 fully saturated rings. The standard InChI is InChI=1S/C18H18N6O2S/c1-10-5-13(12(3)24(10)16-6-11(2)26-22-16)15(25)8-27-18-14-7-21-23(4)17(14)19-9-20-18/h5-7,9H,8H2,1-4H3. The monoisotopic (exact) mass is 382 g/mol. The average Bonchev–Trinajstić information content (AvgIpc) is 3.31. The van der Waals surface area contributed by atoms with Gasteiger partial charge in [0.1, 0.15) is 17.1 Å². The molecule has 0 saturated heterocycles. The van der Waals surface area contributed by atoms with Crippen LogP contribution in [0.5, 0.6) is 0 Å². The molecule has 4 rings (SSSR count). The molecule has 0 atom stereocenters. The fourth-order valence-corrected chi connectivity index (χ4v) is 3.97. The van der Waals surface area contributed by atoms with Crippen LogP contribution >= 0.6 is 11.8 Å². The van der Waals surface area contributed by atoms with Gasteiger partial charge in [-0.15, -0.1) is 0 Å². The number of Topliss-reactive ketones (excluding diaryl/α,β-unsaturated/α-hetero) is 1. The Balaban J connectivity index is 1.58. The summed E-state index contributed by atoms with van der Waals surface area (Å²) in [5.74, 6) is 1.73. The molecule has 0 spiro atoms. The SMILES string of the molecule is Cc1cc(-n2c(C)cc(C(=O)CSc3ncnc4c3cnn4C)c2C)no1. The van der Waals surface area contributed by atoms with Crippen molar-refractivity contribution in [3.63, 3.8) is 0 Å². The average molecular weight is 382 g/mol. The molecule has 0 radical (unpaired) electrons. The van der Waals surface area contributed by atoms with Gasteiger partial charge in [-0.1, -0.05) is 16.9 Å². The Bertz CT molecular complexity index is 1160. The van der Waals surface area contributed by atoms with Crippen LogP contribution in [0.1, 0.15) is 27.5 Å². The third-order valence-electron chi connectivity index (χ3n) is 4.41. The molecule has 0 unspecified atom stereocenters. The molecule has 0 saturated carbocycles. The number of carbonyl (C=O) groups is 1. The van der Waals surface area contributed by atoms with Crippen LogP contribution in [0.3, 0.4) is 0 Å². The van der Waals surface area contributed by atoms with E-state index >= 15 is 0 Å². The van der Waals surface area contributed by atoms with Crippen molar-refractivity contribution >= 4 is 28.6 Å². The second-order valence-electron chi connectivity index (χ2n) is 6.31. The predicted octanol–water partition coefficient (Wildman–Crippen LogP) is 3.04. The fraction of sp³-hybridized carbons (Fsp3) is 0.278. The summed E-state index contributed by atoms with van der Waals surface area (Å²) in [5, 5.41) is 9.86. The van der Waals surface area contributed by atoms with Crippen LogP contribution in [-0.2, 0) is 7.05 Å². The number of nitrogens with zero attached hydrogens (tertiary/aromatic N) is 6. The summed E-state index contributed by atoms with van der Waals surface area (Å²) < 4.78 is 8.78. The van der Waals surface area contributed by atoms with Gasteiger partial charge in [-0.3, -0.25) is 14.0 Å². The molecule has 0 N–H and O–H groups in total. The van der Waals surface area contributed by atoms with Crippen LogP contribution in [-0.4, -0.2) is 41.0 Å². The van der Waals surface area contributed by atoms with E-state index in [1.54, 1.807) is 10.9 Å². The summed E-state index contributed by atoms with van der Waals surface area (Å²) in [6, 6.07) is 3.74. The minimum Gasteiger partial charge on any atom is -0.360 e. The van der Waals surface area contributed by atoms with Gasteiger partial charge in [0.25, 0.3) is 0 Å². The van der Waals surface area contributed by atoms with Gasteiger partial charge in [-0.25, -0.2) is 9.97 Å². The lowest BCUT2D eigenvalue weighted by atomic mass is 10.2. The number of rotatable bonds is 5. The Hall–Kier alpha value is -2.94. The van der Waals surface area contributed by atoms with Gasteiger partial charge in [0.2, 0.25) is 0 Å². The minimum absolute atomic E-state index is 0.0372. The van der Waals surface area contributed by atoms with Gasteiger partial charge in [-0.05, 0) is 26.8 Å². The van der Waals surface area contributed by atoms with Crippen molar-refractivity contribution in [1.29, 1.82) is 0 Å². The smallest absolute Gasteiger partial charge is 0.180 e. The summed E-state index contributed by atoms with van der Waals surface area (Å²) in [5.41, 5.74) is 3.21. The molecule has 4 heterocycles. The predicted molar refractivity (Wildman–Crippen MR) is 101 cm³/mol. The number of aromatic nitrogens is 6. The molecule has 8 nitrogen and oxygen atoms in total. The van der Waals surface area contributed by atoms with Crippen molar-refractivity contribution in [2.45, 2.75) is 25.8 Å². The summed E-state index contributed by atoms with van der Waals surface area (Å²) in [7, 11) is 1.83. The Labute approximate surface area is 159 Å². The van der Waals surface area contributed by atoms with E-state index in [-0.39, 0.29) is 11.5 Å². The Kier molecular flexibility index (Phi) is 4.31. The maximum absolute atomic E-state index is 12.8. The lowest BCUT2D eigenvalue weighted by Gasteiger charge is -2.05. The highest BCUT2D eigenvalue weighted by Crippen LogP contribution is 2.26. The summed E-state index contributed by atoms with van der Waals surface area (Å²) in [4.78, 5) is 21.4. The van der Waals surface area contributed by atoms with Crippen molar-refractivity contribution in [2.24, 2.45) is 7.05 Å². The van der Waals surface area contributed by atoms with Crippen LogP contribution in [0, 0.1) is 20.8 Å². The van der Waals surface area contributed by atoms with E-state index in [1.807, 2.05) is 44.5 Å². The molecule has 9 heteroatoms. The Morgan fingerprint density at radius 1 is 1.22 bits per heavy atom. The van der Waals surface area contributed by atoms with E-state index in [0.29, 0.717) is 11.4 Å². The van der Waals surface area contributed by atoms with Gasteiger partial charge in [0.05, 0.1) is 17.3 Å². The molecule has 138 valence electrons. The van der Waals surface area contributed by atoms with Crippen LogP contribution in [0.4, 0.5) is 0 Å². The Morgan fingerprint density at radius 3 is 2.78 bits per heavy atom. The maximum Gasteiger partial charge on any atom is 0.180 e. The number of thioether (sulfide) groups is 1. The molecular formula is C18H18N6O2S. The first kappa shape index (κ1) is 17.5. The lowest BCUT2D eigenvalue weighted by molar-refractivity contribution is 0.102. The number of fused-ring (bicyclic) bond motifs is 1. The van der Waals surface area contributed by atoms with E-state index < -0.39 is 0 Å². The highest BCUT2D eigenvalue weighted by molar-refractivity contribution is 8.00. The molecule has 27 heavy (non-hydrogen) atoms. The van der Waals surface area contributed by atoms with Crippen LogP contribution in [0.25, 0.3) is 16.9 Å². The third-order valence-corrected chi connectivity index (χ3v) is 5.41. The number of aryl methyl sites for hydroxylation is 3. The molecular weight excluding hydrogens is 364 g/mol. The summed E-state index contributed by atoms with van der Waals surface area (Å²) in [6.45, 7) is 5.71. The first-order valence-corrected chi connectivity index (χ1v) is 9.35. The molecule has 0 aliphatic carbocycles. The third kappa shape index (κ3) is 3.03. The Morgan fingerprint density at radius 2 is 2.04 bits per heavy atom. The van der Waals surface area contributed by atoms with Crippen LogP contribution in [0.2, 0.25) is 0 Å². The second kappa shape index (κ2) is 6.66. The first-order valence-electron chi connectivity index (χ1n) is 8.37. The van der Waals surface area contributed by atoms with Crippen LogP contribution in [0.15, 0.2) is 34.2 Å². The fourth-order valence-electron chi connectivity index (χ4n) is 3.12. The molecule has 4 aromatic rings. The normalized spacial score (nSPS) is 11.4. The number of hydrogen-bond acceptors (Lipinski definition) is 7. The van der Waals surface area contributed by atoms with Crippen LogP contribution < -0.4 is 0 Å². The quantitative estimate of drug-likeness (QED) is 0.298. The molecule has 0 aromatic carbocycles. The van der Waals surface area contributed by atoms with Gasteiger partial charge >= 0.3 is 0 Å². The first-order chi connectivity index (χ1) is 13.0. The zero-order valence-corrected chi connectivity index (χ0v) is 16.2. The van der Waals surface area contributed by atoms with Gasteiger partial charge in [-0.2, -0.15) is 5.10 Å². The van der Waals surface area contributed by atoms with E-state index in [0.717, 1.165) is 33.2 Å². The summed E-state index contributed by atoms with van der Waals surface area (Å²) >= 11 is 1.39. The van der Waals surface area contributed by atoms with E-state index in [2.05, 4.69) is 20.2 Å². The summed E-state index contributed by atoms with van der Waals surface area (Å²) in [6.07, 6.45) is 3.22. The molecule has 0 amide bonds. The zero-order valence-electron chi connectivity index (χ0n) is 15.4. The molecule has 4 aromatic heterocycles. The minimum atomic E-state index is 0.0372. The number of carbonyl (C=O) groups excluding carboxylic acids is 1. The molecule has 0 aliphatic rings. The molecule has 0 bridgehead atoms. The van der Waals surface area contributed by atoms with E-state index in [4.69, 9.17) is 4.52 Å². The lowest BCUT2D eigenvalue weighted by Crippen LogP contribution is -2.06. The largest absolute Gasteiger partial charge is 0.360 e. The number of hydrogen-bond donors (Lipinski definition) is 0. The van der Waals surface area contributed by atoms with Crippen molar-refractivity contribution < 1.29 is 9.32 Å². The van der Waals surface area contributed by atoms with Crippen molar-refractivity contribution in [3.8, 4) is 5.82 Å². The highest BCUT2D eigenvalue weighted by atomic mass is 32.2. The van der Waals surface area contributed by atoms with Crippen molar-refractivity contribution in [2.75, 3.05) is 5.75 Å². The van der Waals surface area contributed by atoms with E-state index in [9.17, 15) is 4.79 Å². The van der Waals surface area contributed by atoms with Crippen molar-refractivity contribution in [1.82, 2.24) is 29.5 Å². The molecule has 0 aliphatic heterocycles. The zero-order chi connectivity index (χ0) is 19.1. The second-order valence-corrected chi connectivity index (χ2v) is 7.28. The topological polar surface area (TPSA) is 91.6 Å². The van der Waals surface area contributed by atoms with E-state index in [1.165, 1.54) is 18.1 Å². The van der Waals surface area contributed by atoms with Crippen molar-refractivity contribution in [3.05, 3.63) is 47.4 Å². The number of ketones is 1.